The summed E-state index contributed by atoms with van der Waals surface area (Å²) in [7, 11) is 0. The van der Waals surface area contributed by atoms with E-state index in [0.717, 1.165) is 16.8 Å². The zero-order chi connectivity index (χ0) is 18.7. The highest BCUT2D eigenvalue weighted by atomic mass is 35.5. The van der Waals surface area contributed by atoms with Gasteiger partial charge in [0.2, 0.25) is 0 Å². The van der Waals surface area contributed by atoms with Crippen LogP contribution in [0.15, 0.2) is 48.7 Å². The number of anilines is 2. The minimum absolute atomic E-state index is 0.430. The summed E-state index contributed by atoms with van der Waals surface area (Å²) in [5.41, 5.74) is 2.75. The zero-order valence-corrected chi connectivity index (χ0v) is 16.8. The van der Waals surface area contributed by atoms with E-state index in [9.17, 15) is 0 Å². The molecule has 0 spiro atoms. The van der Waals surface area contributed by atoms with E-state index < -0.39 is 0 Å². The third kappa shape index (κ3) is 4.89. The van der Waals surface area contributed by atoms with E-state index in [1.807, 2.05) is 43.5 Å². The first-order valence-electron chi connectivity index (χ1n) is 7.72. The quantitative estimate of drug-likeness (QED) is 0.502. The van der Waals surface area contributed by atoms with Crippen LogP contribution in [0.2, 0.25) is 15.1 Å². The van der Waals surface area contributed by atoms with Crippen molar-refractivity contribution in [3.63, 3.8) is 0 Å². The molecule has 8 heteroatoms. The van der Waals surface area contributed by atoms with Gasteiger partial charge in [-0.15, -0.1) is 0 Å². The van der Waals surface area contributed by atoms with Gasteiger partial charge in [-0.1, -0.05) is 46.9 Å². The summed E-state index contributed by atoms with van der Waals surface area (Å²) < 4.78 is 1.77. The van der Waals surface area contributed by atoms with E-state index in [2.05, 4.69) is 15.7 Å². The van der Waals surface area contributed by atoms with Crippen molar-refractivity contribution in [1.82, 2.24) is 9.78 Å². The van der Waals surface area contributed by atoms with Gasteiger partial charge in [0.1, 0.15) is 0 Å². The van der Waals surface area contributed by atoms with E-state index in [0.29, 0.717) is 32.5 Å². The van der Waals surface area contributed by atoms with Crippen molar-refractivity contribution in [2.45, 2.75) is 13.5 Å². The first kappa shape index (κ1) is 19.0. The summed E-state index contributed by atoms with van der Waals surface area (Å²) in [5.74, 6) is 0.630. The normalized spacial score (nSPS) is 10.6. The maximum atomic E-state index is 6.20. The molecule has 3 aromatic rings. The highest BCUT2D eigenvalue weighted by Crippen LogP contribution is 2.22. The molecule has 2 N–H and O–H groups in total. The van der Waals surface area contributed by atoms with Gasteiger partial charge in [0, 0.05) is 33.0 Å². The highest BCUT2D eigenvalue weighted by Gasteiger charge is 2.06. The van der Waals surface area contributed by atoms with E-state index in [4.69, 9.17) is 47.0 Å². The lowest BCUT2D eigenvalue weighted by molar-refractivity contribution is 0.690. The summed E-state index contributed by atoms with van der Waals surface area (Å²) in [6.45, 7) is 2.48. The standard InChI is InChI=1S/C18H15Cl3N4S/c1-11-2-5-14(9-15(11)20)22-18(26)23-17-6-7-25(24-17)10-12-3-4-13(19)8-16(12)21/h2-9H,10H2,1H3,(H2,22,23,24,26). The van der Waals surface area contributed by atoms with Crippen molar-refractivity contribution in [2.75, 3.05) is 10.6 Å². The third-order valence-corrected chi connectivity index (χ3v) is 4.86. The Labute approximate surface area is 172 Å². The van der Waals surface area contributed by atoms with Crippen LogP contribution in [0, 0.1) is 6.92 Å². The lowest BCUT2D eigenvalue weighted by Gasteiger charge is -2.10. The molecule has 0 aliphatic rings. The monoisotopic (exact) mass is 424 g/mol. The van der Waals surface area contributed by atoms with Gasteiger partial charge in [-0.2, -0.15) is 5.10 Å². The van der Waals surface area contributed by atoms with Crippen LogP contribution in [0.3, 0.4) is 0 Å². The van der Waals surface area contributed by atoms with Crippen molar-refractivity contribution < 1.29 is 0 Å². The van der Waals surface area contributed by atoms with Crippen LogP contribution < -0.4 is 10.6 Å². The SMILES string of the molecule is Cc1ccc(NC(=S)Nc2ccn(Cc3ccc(Cl)cc3Cl)n2)cc1Cl. The molecular formula is C18H15Cl3N4S. The molecule has 0 amide bonds. The number of aryl methyl sites for hydroxylation is 1. The maximum absolute atomic E-state index is 6.20. The molecule has 1 heterocycles. The number of hydrogen-bond donors (Lipinski definition) is 2. The molecule has 3 rings (SSSR count). The van der Waals surface area contributed by atoms with Crippen LogP contribution in [0.4, 0.5) is 11.5 Å². The Bertz CT molecular complexity index is 955. The molecule has 0 aliphatic heterocycles. The van der Waals surface area contributed by atoms with Gasteiger partial charge >= 0.3 is 0 Å². The average Bonchev–Trinajstić information content (AvgIpc) is 3.00. The number of aromatic nitrogens is 2. The van der Waals surface area contributed by atoms with E-state index >= 15 is 0 Å². The first-order valence-corrected chi connectivity index (χ1v) is 9.26. The maximum Gasteiger partial charge on any atom is 0.176 e. The molecule has 4 nitrogen and oxygen atoms in total. The van der Waals surface area contributed by atoms with Gasteiger partial charge in [0.15, 0.2) is 10.9 Å². The lowest BCUT2D eigenvalue weighted by Crippen LogP contribution is -2.19. The van der Waals surface area contributed by atoms with Crippen molar-refractivity contribution in [1.29, 1.82) is 0 Å². The van der Waals surface area contributed by atoms with Crippen LogP contribution in [0.5, 0.6) is 0 Å². The smallest absolute Gasteiger partial charge is 0.176 e. The second-order valence-corrected chi connectivity index (χ2v) is 7.34. The first-order chi connectivity index (χ1) is 12.4. The van der Waals surface area contributed by atoms with E-state index in [1.54, 1.807) is 16.8 Å². The molecule has 0 saturated carbocycles. The van der Waals surface area contributed by atoms with Crippen molar-refractivity contribution >= 4 is 63.6 Å². The number of hydrogen-bond acceptors (Lipinski definition) is 2. The summed E-state index contributed by atoms with van der Waals surface area (Å²) >= 11 is 23.6. The van der Waals surface area contributed by atoms with Crippen LogP contribution in [0.1, 0.15) is 11.1 Å². The van der Waals surface area contributed by atoms with Gasteiger partial charge in [0.05, 0.1) is 6.54 Å². The van der Waals surface area contributed by atoms with Crippen molar-refractivity contribution in [2.24, 2.45) is 0 Å². The summed E-state index contributed by atoms with van der Waals surface area (Å²) in [4.78, 5) is 0. The minimum Gasteiger partial charge on any atom is -0.332 e. The van der Waals surface area contributed by atoms with Gasteiger partial charge in [-0.25, -0.2) is 0 Å². The average molecular weight is 426 g/mol. The molecule has 0 aliphatic carbocycles. The van der Waals surface area contributed by atoms with Crippen molar-refractivity contribution in [3.05, 3.63) is 74.9 Å². The zero-order valence-electron chi connectivity index (χ0n) is 13.8. The molecule has 0 saturated heterocycles. The second-order valence-electron chi connectivity index (χ2n) is 5.68. The Balaban J connectivity index is 1.62. The minimum atomic E-state index is 0.430. The van der Waals surface area contributed by atoms with E-state index in [1.165, 1.54) is 0 Å². The lowest BCUT2D eigenvalue weighted by atomic mass is 10.2. The van der Waals surface area contributed by atoms with Crippen molar-refractivity contribution in [3.8, 4) is 0 Å². The van der Waals surface area contributed by atoms with Gasteiger partial charge in [-0.05, 0) is 54.5 Å². The van der Waals surface area contributed by atoms with Gasteiger partial charge in [-0.3, -0.25) is 4.68 Å². The topological polar surface area (TPSA) is 41.9 Å². The van der Waals surface area contributed by atoms with E-state index in [-0.39, 0.29) is 0 Å². The number of thiocarbonyl (C=S) groups is 1. The predicted octanol–water partition coefficient (Wildman–Crippen LogP) is 6.01. The van der Waals surface area contributed by atoms with Gasteiger partial charge < -0.3 is 10.6 Å². The third-order valence-electron chi connectivity index (χ3n) is 3.66. The molecule has 0 bridgehead atoms. The highest BCUT2D eigenvalue weighted by molar-refractivity contribution is 7.80. The molecule has 1 aromatic heterocycles. The Morgan fingerprint density at radius 1 is 1.04 bits per heavy atom. The Kier molecular flexibility index (Phi) is 6.04. The summed E-state index contributed by atoms with van der Waals surface area (Å²) in [5, 5.41) is 12.9. The Morgan fingerprint density at radius 3 is 2.58 bits per heavy atom. The summed E-state index contributed by atoms with van der Waals surface area (Å²) in [6.07, 6.45) is 1.85. The number of rotatable bonds is 4. The molecule has 0 radical (unpaired) electrons. The molecule has 0 unspecified atom stereocenters. The van der Waals surface area contributed by atoms with Crippen LogP contribution in [-0.2, 0) is 6.54 Å². The molecule has 134 valence electrons. The van der Waals surface area contributed by atoms with Gasteiger partial charge in [0.25, 0.3) is 0 Å². The number of nitrogens with one attached hydrogen (secondary N) is 2. The predicted molar refractivity (Wildman–Crippen MR) is 114 cm³/mol. The fourth-order valence-electron chi connectivity index (χ4n) is 2.29. The number of nitrogens with zero attached hydrogens (tertiary/aromatic N) is 2. The fraction of sp³-hybridized carbons (Fsp3) is 0.111. The molecule has 0 atom stereocenters. The van der Waals surface area contributed by atoms with Crippen LogP contribution in [0.25, 0.3) is 0 Å². The molecule has 2 aromatic carbocycles. The Morgan fingerprint density at radius 2 is 1.85 bits per heavy atom. The molecule has 26 heavy (non-hydrogen) atoms. The number of benzene rings is 2. The van der Waals surface area contributed by atoms with Crippen LogP contribution in [-0.4, -0.2) is 14.9 Å². The number of halogens is 3. The Hall–Kier alpha value is -1.79. The largest absolute Gasteiger partial charge is 0.332 e. The second kappa shape index (κ2) is 8.27. The fourth-order valence-corrected chi connectivity index (χ4v) is 3.16. The summed E-state index contributed by atoms with van der Waals surface area (Å²) in [6, 6.07) is 12.9. The molecule has 0 fully saturated rings. The molecular weight excluding hydrogens is 411 g/mol. The van der Waals surface area contributed by atoms with Crippen LogP contribution >= 0.6 is 47.0 Å².